The van der Waals surface area contributed by atoms with Crippen LogP contribution in [0.2, 0.25) is 10.0 Å². The quantitative estimate of drug-likeness (QED) is 0.268. The first kappa shape index (κ1) is 27.0. The third kappa shape index (κ3) is 5.70. The molecule has 2 aliphatic carbocycles. The van der Waals surface area contributed by atoms with Crippen LogP contribution in [0.3, 0.4) is 0 Å². The molecule has 0 fully saturated rings. The van der Waals surface area contributed by atoms with E-state index < -0.39 is 0 Å². The van der Waals surface area contributed by atoms with Gasteiger partial charge in [-0.25, -0.2) is 0 Å². The van der Waals surface area contributed by atoms with Crippen LogP contribution in [0.1, 0.15) is 83.0 Å². The lowest BCUT2D eigenvalue weighted by molar-refractivity contribution is 0.471. The molecule has 4 heteroatoms. The molecule has 0 amide bonds. The van der Waals surface area contributed by atoms with Crippen LogP contribution in [0, 0.1) is 0 Å². The molecule has 0 saturated carbocycles. The molecule has 0 spiro atoms. The Hall–Kier alpha value is -2.62. The van der Waals surface area contributed by atoms with E-state index in [-0.39, 0.29) is 0 Å². The van der Waals surface area contributed by atoms with Crippen LogP contribution < -0.4 is 10.6 Å². The van der Waals surface area contributed by atoms with Crippen molar-refractivity contribution in [2.75, 3.05) is 14.1 Å². The van der Waals surface area contributed by atoms with Crippen molar-refractivity contribution >= 4 is 23.2 Å². The van der Waals surface area contributed by atoms with Crippen LogP contribution in [0.15, 0.2) is 97.1 Å². The predicted molar refractivity (Wildman–Crippen MR) is 162 cm³/mol. The largest absolute Gasteiger partial charge is 0.313 e. The Morgan fingerprint density at radius 1 is 0.500 bits per heavy atom. The fraction of sp³-hybridized carbons (Fsp3) is 0.294. The lowest BCUT2D eigenvalue weighted by atomic mass is 9.77. The third-order valence-electron chi connectivity index (χ3n) is 8.23. The van der Waals surface area contributed by atoms with Crippen molar-refractivity contribution in [1.29, 1.82) is 0 Å². The molecule has 2 aliphatic rings. The molecule has 38 heavy (non-hydrogen) atoms. The van der Waals surface area contributed by atoms with Crippen molar-refractivity contribution in [3.05, 3.63) is 140 Å². The zero-order valence-corrected chi connectivity index (χ0v) is 23.6. The normalized spacial score (nSPS) is 22.0. The highest BCUT2D eigenvalue weighted by Gasteiger charge is 2.28. The SMILES string of the molecule is CN[C@@H]1CC[C@@H](c2ccccc2)c2ccccc21.CN[C@H]1CC[C@@H](c2ccc(Cl)c(Cl)c2)c2ccccc21. The Labute approximate surface area is 237 Å². The Morgan fingerprint density at radius 3 is 1.47 bits per heavy atom. The van der Waals surface area contributed by atoms with Gasteiger partial charge in [0.05, 0.1) is 10.0 Å². The van der Waals surface area contributed by atoms with Gasteiger partial charge in [0.2, 0.25) is 0 Å². The molecule has 0 aliphatic heterocycles. The zero-order valence-electron chi connectivity index (χ0n) is 22.1. The summed E-state index contributed by atoms with van der Waals surface area (Å²) in [5, 5.41) is 8.09. The Bertz CT molecular complexity index is 1350. The van der Waals surface area contributed by atoms with Gasteiger partial charge in [0.1, 0.15) is 0 Å². The molecule has 196 valence electrons. The highest BCUT2D eigenvalue weighted by Crippen LogP contribution is 2.42. The first-order valence-electron chi connectivity index (χ1n) is 13.6. The molecular formula is C34H36Cl2N2. The smallest absolute Gasteiger partial charge is 0.0595 e. The monoisotopic (exact) mass is 542 g/mol. The van der Waals surface area contributed by atoms with Gasteiger partial charge in [0.25, 0.3) is 0 Å². The molecular weight excluding hydrogens is 507 g/mol. The highest BCUT2D eigenvalue weighted by atomic mass is 35.5. The number of halogens is 2. The summed E-state index contributed by atoms with van der Waals surface area (Å²) in [4.78, 5) is 0. The van der Waals surface area contributed by atoms with Gasteiger partial charge in [-0.2, -0.15) is 0 Å². The average Bonchev–Trinajstić information content (AvgIpc) is 2.98. The summed E-state index contributed by atoms with van der Waals surface area (Å²) in [5.41, 5.74) is 8.46. The molecule has 0 radical (unpaired) electrons. The first-order chi connectivity index (χ1) is 18.6. The van der Waals surface area contributed by atoms with Crippen molar-refractivity contribution in [1.82, 2.24) is 10.6 Å². The summed E-state index contributed by atoms with van der Waals surface area (Å²) in [6.45, 7) is 0. The average molecular weight is 544 g/mol. The number of hydrogen-bond donors (Lipinski definition) is 2. The molecule has 2 nitrogen and oxygen atoms in total. The van der Waals surface area contributed by atoms with E-state index in [1.165, 1.54) is 46.2 Å². The summed E-state index contributed by atoms with van der Waals surface area (Å²) in [7, 11) is 4.09. The van der Waals surface area contributed by atoms with Crippen molar-refractivity contribution in [2.24, 2.45) is 0 Å². The summed E-state index contributed by atoms with van der Waals surface area (Å²) in [5.74, 6) is 0.970. The van der Waals surface area contributed by atoms with Crippen molar-refractivity contribution in [3.63, 3.8) is 0 Å². The van der Waals surface area contributed by atoms with Crippen LogP contribution in [-0.2, 0) is 0 Å². The second-order valence-electron chi connectivity index (χ2n) is 10.3. The van der Waals surface area contributed by atoms with Crippen molar-refractivity contribution < 1.29 is 0 Å². The highest BCUT2D eigenvalue weighted by molar-refractivity contribution is 6.42. The topological polar surface area (TPSA) is 24.1 Å². The van der Waals surface area contributed by atoms with Gasteiger partial charge in [-0.05, 0) is 85.3 Å². The minimum Gasteiger partial charge on any atom is -0.313 e. The Balaban J connectivity index is 0.000000156. The molecule has 0 bridgehead atoms. The summed E-state index contributed by atoms with van der Waals surface area (Å²) in [6, 6.07) is 35.4. The maximum absolute atomic E-state index is 6.17. The molecule has 4 atom stereocenters. The van der Waals surface area contributed by atoms with E-state index in [4.69, 9.17) is 23.2 Å². The fourth-order valence-electron chi connectivity index (χ4n) is 6.29. The minimum atomic E-state index is 0.408. The molecule has 0 heterocycles. The molecule has 4 aromatic carbocycles. The molecule has 4 aromatic rings. The fourth-order valence-corrected chi connectivity index (χ4v) is 6.59. The first-order valence-corrected chi connectivity index (χ1v) is 14.4. The van der Waals surface area contributed by atoms with Crippen molar-refractivity contribution in [2.45, 2.75) is 49.6 Å². The van der Waals surface area contributed by atoms with Gasteiger partial charge in [-0.3, -0.25) is 0 Å². The Kier molecular flexibility index (Phi) is 8.86. The van der Waals surface area contributed by atoms with Gasteiger partial charge < -0.3 is 10.6 Å². The van der Waals surface area contributed by atoms with Gasteiger partial charge in [0, 0.05) is 23.9 Å². The summed E-state index contributed by atoms with van der Waals surface area (Å²) < 4.78 is 0. The standard InChI is InChI=1S/C17H17Cl2N.C17H19N/c1-20-17-9-7-12(13-4-2-3-5-14(13)17)11-6-8-15(18)16(19)10-11;1-18-17-12-11-14(13-7-3-2-4-8-13)15-9-5-6-10-16(15)17/h2-6,8,10,12,17,20H,7,9H2,1H3;2-10,14,17-18H,11-12H2,1H3/t12-,17-;14-,17+/m00/s1. The molecule has 0 saturated heterocycles. The maximum atomic E-state index is 6.17. The number of benzene rings is 4. The van der Waals surface area contributed by atoms with E-state index in [1.54, 1.807) is 0 Å². The maximum Gasteiger partial charge on any atom is 0.0595 e. The third-order valence-corrected chi connectivity index (χ3v) is 8.97. The second-order valence-corrected chi connectivity index (χ2v) is 11.1. The van der Waals surface area contributed by atoms with E-state index in [0.29, 0.717) is 34.0 Å². The lowest BCUT2D eigenvalue weighted by Crippen LogP contribution is -2.24. The van der Waals surface area contributed by atoms with Crippen LogP contribution in [0.4, 0.5) is 0 Å². The number of hydrogen-bond acceptors (Lipinski definition) is 2. The Morgan fingerprint density at radius 2 is 0.974 bits per heavy atom. The zero-order chi connectivity index (χ0) is 26.5. The van der Waals surface area contributed by atoms with Gasteiger partial charge in [-0.1, -0.05) is 108 Å². The van der Waals surface area contributed by atoms with E-state index in [9.17, 15) is 0 Å². The second kappa shape index (κ2) is 12.5. The van der Waals surface area contributed by atoms with E-state index in [0.717, 1.165) is 12.8 Å². The van der Waals surface area contributed by atoms with E-state index >= 15 is 0 Å². The number of nitrogens with one attached hydrogen (secondary N) is 2. The van der Waals surface area contributed by atoms with Crippen molar-refractivity contribution in [3.8, 4) is 0 Å². The molecule has 2 N–H and O–H groups in total. The van der Waals surface area contributed by atoms with E-state index in [1.807, 2.05) is 19.2 Å². The van der Waals surface area contributed by atoms with Gasteiger partial charge in [-0.15, -0.1) is 0 Å². The van der Waals surface area contributed by atoms with Crippen LogP contribution in [0.25, 0.3) is 0 Å². The summed E-state index contributed by atoms with van der Waals surface area (Å²) >= 11 is 12.2. The molecule has 0 unspecified atom stereocenters. The molecule has 0 aromatic heterocycles. The van der Waals surface area contributed by atoms with Crippen LogP contribution in [0.5, 0.6) is 0 Å². The van der Waals surface area contributed by atoms with Crippen LogP contribution >= 0.6 is 23.2 Å². The number of fused-ring (bicyclic) bond motifs is 2. The minimum absolute atomic E-state index is 0.408. The lowest BCUT2D eigenvalue weighted by Gasteiger charge is -2.32. The van der Waals surface area contributed by atoms with Gasteiger partial charge >= 0.3 is 0 Å². The predicted octanol–water partition coefficient (Wildman–Crippen LogP) is 9.05. The van der Waals surface area contributed by atoms with Crippen LogP contribution in [-0.4, -0.2) is 14.1 Å². The molecule has 6 rings (SSSR count). The summed E-state index contributed by atoms with van der Waals surface area (Å²) in [6.07, 6.45) is 4.71. The van der Waals surface area contributed by atoms with E-state index in [2.05, 4.69) is 103 Å². The number of rotatable bonds is 4. The van der Waals surface area contributed by atoms with Gasteiger partial charge in [0.15, 0.2) is 0 Å².